The molecule has 1 aliphatic heterocycles. The van der Waals surface area contributed by atoms with Gasteiger partial charge < -0.3 is 15.6 Å². The molecule has 1 unspecified atom stereocenters. The summed E-state index contributed by atoms with van der Waals surface area (Å²) in [7, 11) is 0. The van der Waals surface area contributed by atoms with Crippen molar-refractivity contribution in [1.82, 2.24) is 15.0 Å². The Morgan fingerprint density at radius 2 is 2.38 bits per heavy atom. The van der Waals surface area contributed by atoms with Crippen molar-refractivity contribution in [2.75, 3.05) is 0 Å². The van der Waals surface area contributed by atoms with Gasteiger partial charge in [-0.15, -0.1) is 5.10 Å². The highest BCUT2D eigenvalue weighted by Gasteiger charge is 2.26. The van der Waals surface area contributed by atoms with Crippen LogP contribution in [-0.2, 0) is 19.5 Å². The molecule has 110 valence electrons. The summed E-state index contributed by atoms with van der Waals surface area (Å²) in [5, 5.41) is 16.4. The fraction of sp³-hybridized carbons (Fsp3) is 0.308. The predicted molar refractivity (Wildman–Crippen MR) is 69.4 cm³/mol. The first-order chi connectivity index (χ1) is 10.1. The van der Waals surface area contributed by atoms with Crippen LogP contribution in [-0.4, -0.2) is 32.2 Å². The van der Waals surface area contributed by atoms with E-state index < -0.39 is 5.97 Å². The molecule has 21 heavy (non-hydrogen) atoms. The lowest BCUT2D eigenvalue weighted by molar-refractivity contribution is 0.0689. The Morgan fingerprint density at radius 3 is 3.10 bits per heavy atom. The van der Waals surface area contributed by atoms with Gasteiger partial charge in [-0.05, 0) is 18.2 Å². The molecule has 0 fully saturated rings. The molecule has 0 bridgehead atoms. The van der Waals surface area contributed by atoms with E-state index in [0.29, 0.717) is 24.4 Å². The quantitative estimate of drug-likeness (QED) is 0.854. The van der Waals surface area contributed by atoms with Gasteiger partial charge in [0.2, 0.25) is 0 Å². The summed E-state index contributed by atoms with van der Waals surface area (Å²) < 4.78 is 20.3. The number of aromatic carboxylic acids is 1. The van der Waals surface area contributed by atoms with Gasteiger partial charge in [-0.25, -0.2) is 13.9 Å². The number of ether oxygens (including phenoxy) is 1. The summed E-state index contributed by atoms with van der Waals surface area (Å²) in [6, 6.07) is 4.35. The minimum absolute atomic E-state index is 0.0168. The van der Waals surface area contributed by atoms with Crippen LogP contribution in [0, 0.1) is 5.82 Å². The maximum Gasteiger partial charge on any atom is 0.358 e. The van der Waals surface area contributed by atoms with Crippen molar-refractivity contribution >= 4 is 5.97 Å². The lowest BCUT2D eigenvalue weighted by Crippen LogP contribution is -2.24. The van der Waals surface area contributed by atoms with Gasteiger partial charge in [0.05, 0.1) is 12.2 Å². The molecule has 0 saturated heterocycles. The minimum Gasteiger partial charge on any atom is -0.488 e. The SMILES string of the molecule is NCc1c(C(=O)O)nnn1CC1Cc2cc(F)ccc2O1. The number of benzene rings is 1. The number of carboxylic acid groups (broad SMARTS) is 1. The van der Waals surface area contributed by atoms with Crippen molar-refractivity contribution < 1.29 is 19.0 Å². The number of carbonyl (C=O) groups is 1. The number of rotatable bonds is 4. The molecule has 0 radical (unpaired) electrons. The van der Waals surface area contributed by atoms with Crippen molar-refractivity contribution in [3.63, 3.8) is 0 Å². The molecule has 0 amide bonds. The lowest BCUT2D eigenvalue weighted by Gasteiger charge is -2.12. The third-order valence-electron chi connectivity index (χ3n) is 3.37. The third kappa shape index (κ3) is 2.45. The summed E-state index contributed by atoms with van der Waals surface area (Å²) in [6.07, 6.45) is 0.273. The molecule has 7 nitrogen and oxygen atoms in total. The van der Waals surface area contributed by atoms with Crippen LogP contribution < -0.4 is 10.5 Å². The molecule has 1 aromatic carbocycles. The van der Waals surface area contributed by atoms with E-state index in [1.165, 1.54) is 16.8 Å². The zero-order valence-corrected chi connectivity index (χ0v) is 11.0. The predicted octanol–water partition coefficient (Wildman–Crippen LogP) is 0.578. The van der Waals surface area contributed by atoms with E-state index >= 15 is 0 Å². The third-order valence-corrected chi connectivity index (χ3v) is 3.37. The molecular weight excluding hydrogens is 279 g/mol. The second-order valence-electron chi connectivity index (χ2n) is 4.77. The Kier molecular flexibility index (Phi) is 3.30. The molecular formula is C13H13FN4O3. The highest BCUT2D eigenvalue weighted by atomic mass is 19.1. The Labute approximate surface area is 119 Å². The van der Waals surface area contributed by atoms with Gasteiger partial charge in [0.15, 0.2) is 5.69 Å². The van der Waals surface area contributed by atoms with Crippen LogP contribution in [0.3, 0.4) is 0 Å². The van der Waals surface area contributed by atoms with E-state index in [1.807, 2.05) is 0 Å². The smallest absolute Gasteiger partial charge is 0.358 e. The second-order valence-corrected chi connectivity index (χ2v) is 4.77. The average Bonchev–Trinajstić information content (AvgIpc) is 3.01. The Morgan fingerprint density at radius 1 is 1.57 bits per heavy atom. The van der Waals surface area contributed by atoms with Crippen molar-refractivity contribution in [3.05, 3.63) is 41.0 Å². The molecule has 1 aliphatic rings. The molecule has 1 aromatic heterocycles. The van der Waals surface area contributed by atoms with Crippen LogP contribution in [0.1, 0.15) is 21.7 Å². The molecule has 3 N–H and O–H groups in total. The lowest BCUT2D eigenvalue weighted by atomic mass is 10.1. The van der Waals surface area contributed by atoms with E-state index in [1.54, 1.807) is 6.07 Å². The molecule has 0 saturated carbocycles. The molecule has 2 aromatic rings. The first-order valence-electron chi connectivity index (χ1n) is 6.39. The molecule has 1 atom stereocenters. The van der Waals surface area contributed by atoms with Gasteiger partial charge in [0, 0.05) is 18.5 Å². The minimum atomic E-state index is -1.17. The number of aromatic nitrogens is 3. The van der Waals surface area contributed by atoms with Gasteiger partial charge >= 0.3 is 5.97 Å². The van der Waals surface area contributed by atoms with Crippen LogP contribution in [0.15, 0.2) is 18.2 Å². The average molecular weight is 292 g/mol. The summed E-state index contributed by atoms with van der Waals surface area (Å²) >= 11 is 0. The standard InChI is InChI=1S/C13H13FN4O3/c14-8-1-2-11-7(3-8)4-9(21-11)6-18-10(5-15)12(13(19)20)16-17-18/h1-3,9H,4-6,15H2,(H,19,20). The Hall–Kier alpha value is -2.48. The number of hydrogen-bond acceptors (Lipinski definition) is 5. The van der Waals surface area contributed by atoms with Crippen molar-refractivity contribution in [3.8, 4) is 5.75 Å². The van der Waals surface area contributed by atoms with E-state index in [-0.39, 0.29) is 24.2 Å². The summed E-state index contributed by atoms with van der Waals surface area (Å²) in [5.74, 6) is -0.844. The maximum absolute atomic E-state index is 13.2. The Bertz CT molecular complexity index is 701. The van der Waals surface area contributed by atoms with E-state index in [4.69, 9.17) is 15.6 Å². The molecule has 8 heteroatoms. The van der Waals surface area contributed by atoms with Crippen LogP contribution in [0.2, 0.25) is 0 Å². The van der Waals surface area contributed by atoms with Gasteiger partial charge in [0.1, 0.15) is 17.7 Å². The monoisotopic (exact) mass is 292 g/mol. The van der Waals surface area contributed by atoms with Crippen molar-refractivity contribution in [1.29, 1.82) is 0 Å². The largest absolute Gasteiger partial charge is 0.488 e. The zero-order valence-electron chi connectivity index (χ0n) is 11.0. The molecule has 0 aliphatic carbocycles. The second kappa shape index (κ2) is 5.13. The zero-order chi connectivity index (χ0) is 15.0. The number of hydrogen-bond donors (Lipinski definition) is 2. The van der Waals surface area contributed by atoms with Gasteiger partial charge in [0.25, 0.3) is 0 Å². The van der Waals surface area contributed by atoms with Gasteiger partial charge in [-0.1, -0.05) is 5.21 Å². The van der Waals surface area contributed by atoms with E-state index in [0.717, 1.165) is 5.56 Å². The number of carboxylic acids is 1. The highest BCUT2D eigenvalue weighted by molar-refractivity contribution is 5.86. The van der Waals surface area contributed by atoms with Crippen molar-refractivity contribution in [2.24, 2.45) is 5.73 Å². The van der Waals surface area contributed by atoms with Crippen LogP contribution in [0.25, 0.3) is 0 Å². The van der Waals surface area contributed by atoms with Gasteiger partial charge in [-0.3, -0.25) is 0 Å². The van der Waals surface area contributed by atoms with Crippen LogP contribution >= 0.6 is 0 Å². The molecule has 3 rings (SSSR count). The Balaban J connectivity index is 1.79. The summed E-state index contributed by atoms with van der Waals surface area (Å²) in [5.41, 5.74) is 6.53. The number of nitrogens with two attached hydrogens (primary N) is 1. The fourth-order valence-electron chi connectivity index (χ4n) is 2.43. The van der Waals surface area contributed by atoms with E-state index in [2.05, 4.69) is 10.3 Å². The van der Waals surface area contributed by atoms with Crippen LogP contribution in [0.4, 0.5) is 4.39 Å². The fourth-order valence-corrected chi connectivity index (χ4v) is 2.43. The summed E-state index contributed by atoms with van der Waals surface area (Å²) in [4.78, 5) is 11.0. The molecule has 2 heterocycles. The highest BCUT2D eigenvalue weighted by Crippen LogP contribution is 2.30. The number of nitrogens with zero attached hydrogens (tertiary/aromatic N) is 3. The first-order valence-corrected chi connectivity index (χ1v) is 6.39. The maximum atomic E-state index is 13.2. The molecule has 0 spiro atoms. The summed E-state index contributed by atoms with van der Waals surface area (Å²) in [6.45, 7) is 0.325. The number of halogens is 1. The van der Waals surface area contributed by atoms with Crippen molar-refractivity contribution in [2.45, 2.75) is 25.6 Å². The van der Waals surface area contributed by atoms with E-state index in [9.17, 15) is 9.18 Å². The normalized spacial score (nSPS) is 16.6. The topological polar surface area (TPSA) is 103 Å². The van der Waals surface area contributed by atoms with Crippen LogP contribution in [0.5, 0.6) is 5.75 Å². The number of fused-ring (bicyclic) bond motifs is 1. The first kappa shape index (κ1) is 13.5. The van der Waals surface area contributed by atoms with Gasteiger partial charge in [-0.2, -0.15) is 0 Å².